The second-order valence-corrected chi connectivity index (χ2v) is 5.85. The Hall–Kier alpha value is -1.03. The van der Waals surface area contributed by atoms with Crippen LogP contribution in [-0.2, 0) is 13.6 Å². The number of hydrogen-bond acceptors (Lipinski definition) is 3. The van der Waals surface area contributed by atoms with Crippen molar-refractivity contribution in [3.63, 3.8) is 0 Å². The highest BCUT2D eigenvalue weighted by molar-refractivity contribution is 5.30. The van der Waals surface area contributed by atoms with Gasteiger partial charge in [0.1, 0.15) is 6.10 Å². The van der Waals surface area contributed by atoms with E-state index >= 15 is 0 Å². The maximum Gasteiger partial charge on any atom is 0.216 e. The van der Waals surface area contributed by atoms with E-state index in [9.17, 15) is 0 Å². The molecule has 1 aromatic heterocycles. The van der Waals surface area contributed by atoms with Gasteiger partial charge in [-0.25, -0.2) is 4.68 Å². The lowest BCUT2D eigenvalue weighted by Crippen LogP contribution is -2.29. The number of nitrogens with two attached hydrogens (primary N) is 1. The highest BCUT2D eigenvalue weighted by Crippen LogP contribution is 2.32. The second-order valence-electron chi connectivity index (χ2n) is 5.85. The largest absolute Gasteiger partial charge is 0.474 e. The summed E-state index contributed by atoms with van der Waals surface area (Å²) in [5.41, 5.74) is 7.81. The van der Waals surface area contributed by atoms with E-state index in [-0.39, 0.29) is 0 Å². The van der Waals surface area contributed by atoms with Gasteiger partial charge in [-0.05, 0) is 38.0 Å². The number of aromatic nitrogens is 2. The van der Waals surface area contributed by atoms with Gasteiger partial charge in [-0.1, -0.05) is 13.8 Å². The third kappa shape index (κ3) is 2.69. The van der Waals surface area contributed by atoms with E-state index in [0.717, 1.165) is 41.8 Å². The van der Waals surface area contributed by atoms with Gasteiger partial charge >= 0.3 is 0 Å². The van der Waals surface area contributed by atoms with Crippen LogP contribution in [0.4, 0.5) is 0 Å². The summed E-state index contributed by atoms with van der Waals surface area (Å²) in [6.07, 6.45) is 3.90. The molecule has 2 rings (SSSR count). The van der Waals surface area contributed by atoms with Crippen LogP contribution in [-0.4, -0.2) is 15.9 Å². The van der Waals surface area contributed by atoms with Crippen LogP contribution in [0.2, 0.25) is 0 Å². The average molecular weight is 251 g/mol. The molecule has 0 bridgehead atoms. The van der Waals surface area contributed by atoms with E-state index in [2.05, 4.69) is 18.9 Å². The lowest BCUT2D eigenvalue weighted by molar-refractivity contribution is 0.0916. The molecule has 18 heavy (non-hydrogen) atoms. The summed E-state index contributed by atoms with van der Waals surface area (Å²) >= 11 is 0. The Labute approximate surface area is 110 Å². The van der Waals surface area contributed by atoms with E-state index in [0.29, 0.717) is 12.6 Å². The smallest absolute Gasteiger partial charge is 0.216 e. The highest BCUT2D eigenvalue weighted by atomic mass is 16.5. The Kier molecular flexibility index (Phi) is 3.95. The van der Waals surface area contributed by atoms with Gasteiger partial charge in [-0.2, -0.15) is 5.10 Å². The minimum Gasteiger partial charge on any atom is -0.474 e. The fourth-order valence-electron chi connectivity index (χ4n) is 3.19. The third-order valence-corrected chi connectivity index (χ3v) is 3.91. The van der Waals surface area contributed by atoms with Crippen molar-refractivity contribution in [1.82, 2.24) is 9.78 Å². The SMILES string of the molecule is Cc1nn(C)c(OC2CC(C)CC(C)C2)c1CN. The minimum atomic E-state index is 0.309. The van der Waals surface area contributed by atoms with E-state index in [4.69, 9.17) is 10.5 Å². The molecule has 0 saturated heterocycles. The van der Waals surface area contributed by atoms with Crippen LogP contribution in [0.1, 0.15) is 44.4 Å². The minimum absolute atomic E-state index is 0.309. The maximum atomic E-state index is 6.19. The molecule has 2 atom stereocenters. The number of aryl methyl sites for hydroxylation is 2. The van der Waals surface area contributed by atoms with Crippen molar-refractivity contribution in [3.05, 3.63) is 11.3 Å². The Balaban J connectivity index is 2.13. The number of hydrogen-bond donors (Lipinski definition) is 1. The van der Waals surface area contributed by atoms with Crippen LogP contribution in [0, 0.1) is 18.8 Å². The van der Waals surface area contributed by atoms with Crippen LogP contribution in [0.25, 0.3) is 0 Å². The molecule has 0 radical (unpaired) electrons. The van der Waals surface area contributed by atoms with Crippen LogP contribution in [0.5, 0.6) is 5.88 Å². The van der Waals surface area contributed by atoms with Crippen molar-refractivity contribution < 1.29 is 4.74 Å². The van der Waals surface area contributed by atoms with Gasteiger partial charge in [0.25, 0.3) is 0 Å². The van der Waals surface area contributed by atoms with Crippen LogP contribution in [0.15, 0.2) is 0 Å². The van der Waals surface area contributed by atoms with Crippen LogP contribution < -0.4 is 10.5 Å². The average Bonchev–Trinajstić information content (AvgIpc) is 2.52. The summed E-state index contributed by atoms with van der Waals surface area (Å²) in [4.78, 5) is 0. The molecule has 1 aliphatic carbocycles. The quantitative estimate of drug-likeness (QED) is 0.897. The van der Waals surface area contributed by atoms with Gasteiger partial charge in [-0.3, -0.25) is 0 Å². The maximum absolute atomic E-state index is 6.19. The first-order chi connectivity index (χ1) is 8.51. The van der Waals surface area contributed by atoms with E-state index in [1.54, 1.807) is 0 Å². The van der Waals surface area contributed by atoms with Gasteiger partial charge < -0.3 is 10.5 Å². The third-order valence-electron chi connectivity index (χ3n) is 3.91. The predicted octanol–water partition coefficient (Wildman–Crippen LogP) is 2.39. The molecule has 0 aromatic carbocycles. The Morgan fingerprint density at radius 2 is 1.89 bits per heavy atom. The summed E-state index contributed by atoms with van der Waals surface area (Å²) in [6.45, 7) is 7.10. The van der Waals surface area contributed by atoms with Crippen molar-refractivity contribution in [2.45, 2.75) is 52.7 Å². The highest BCUT2D eigenvalue weighted by Gasteiger charge is 2.27. The molecule has 1 saturated carbocycles. The number of rotatable bonds is 3. The normalized spacial score (nSPS) is 28.4. The molecule has 4 heteroatoms. The number of nitrogens with zero attached hydrogens (tertiary/aromatic N) is 2. The summed E-state index contributed by atoms with van der Waals surface area (Å²) < 4.78 is 8.01. The summed E-state index contributed by atoms with van der Waals surface area (Å²) in [6, 6.07) is 0. The molecule has 102 valence electrons. The molecule has 1 aliphatic rings. The molecule has 1 heterocycles. The molecule has 1 fully saturated rings. The van der Waals surface area contributed by atoms with E-state index in [1.807, 2.05) is 18.7 Å². The standard InChI is InChI=1S/C14H25N3O/c1-9-5-10(2)7-12(6-9)18-14-13(8-15)11(3)16-17(14)4/h9-10,12H,5-8,15H2,1-4H3. The zero-order chi connectivity index (χ0) is 13.3. The van der Waals surface area contributed by atoms with Gasteiger partial charge in [0, 0.05) is 13.6 Å². The zero-order valence-corrected chi connectivity index (χ0v) is 11.9. The van der Waals surface area contributed by atoms with Crippen molar-refractivity contribution >= 4 is 0 Å². The summed E-state index contributed by atoms with van der Waals surface area (Å²) in [5.74, 6) is 2.35. The van der Waals surface area contributed by atoms with Crippen molar-refractivity contribution in [2.24, 2.45) is 24.6 Å². The molecular weight excluding hydrogens is 226 g/mol. The fraction of sp³-hybridized carbons (Fsp3) is 0.786. The van der Waals surface area contributed by atoms with Gasteiger partial charge in [0.2, 0.25) is 5.88 Å². The van der Waals surface area contributed by atoms with Crippen LogP contribution in [0.3, 0.4) is 0 Å². The molecular formula is C14H25N3O. The Morgan fingerprint density at radius 1 is 1.28 bits per heavy atom. The Bertz CT molecular complexity index is 403. The molecule has 2 N–H and O–H groups in total. The lowest BCUT2D eigenvalue weighted by Gasteiger charge is -2.31. The predicted molar refractivity (Wildman–Crippen MR) is 72.4 cm³/mol. The van der Waals surface area contributed by atoms with Crippen LogP contribution >= 0.6 is 0 Å². The molecule has 4 nitrogen and oxygen atoms in total. The fourth-order valence-corrected chi connectivity index (χ4v) is 3.19. The van der Waals surface area contributed by atoms with E-state index < -0.39 is 0 Å². The Morgan fingerprint density at radius 3 is 2.44 bits per heavy atom. The monoisotopic (exact) mass is 251 g/mol. The molecule has 0 amide bonds. The van der Waals surface area contributed by atoms with Crippen molar-refractivity contribution in [1.29, 1.82) is 0 Å². The molecule has 0 spiro atoms. The lowest BCUT2D eigenvalue weighted by atomic mass is 9.82. The summed E-state index contributed by atoms with van der Waals surface area (Å²) in [7, 11) is 1.93. The first-order valence-corrected chi connectivity index (χ1v) is 6.90. The van der Waals surface area contributed by atoms with Crippen molar-refractivity contribution in [2.75, 3.05) is 0 Å². The van der Waals surface area contributed by atoms with Crippen molar-refractivity contribution in [3.8, 4) is 5.88 Å². The summed E-state index contributed by atoms with van der Waals surface area (Å²) in [5, 5.41) is 4.40. The first kappa shape index (κ1) is 13.4. The van der Waals surface area contributed by atoms with Gasteiger partial charge in [0.15, 0.2) is 0 Å². The second kappa shape index (κ2) is 5.31. The molecule has 2 unspecified atom stereocenters. The number of ether oxygens (including phenoxy) is 1. The molecule has 1 aromatic rings. The van der Waals surface area contributed by atoms with Gasteiger partial charge in [-0.15, -0.1) is 0 Å². The van der Waals surface area contributed by atoms with E-state index in [1.165, 1.54) is 6.42 Å². The topological polar surface area (TPSA) is 53.1 Å². The first-order valence-electron chi connectivity index (χ1n) is 6.90. The van der Waals surface area contributed by atoms with Gasteiger partial charge in [0.05, 0.1) is 11.3 Å². The zero-order valence-electron chi connectivity index (χ0n) is 11.9. The molecule has 0 aliphatic heterocycles.